The lowest BCUT2D eigenvalue weighted by Gasteiger charge is -2.31. The van der Waals surface area contributed by atoms with Crippen LogP contribution >= 0.6 is 22.6 Å². The van der Waals surface area contributed by atoms with Crippen molar-refractivity contribution in [2.75, 3.05) is 0 Å². The zero-order valence-corrected chi connectivity index (χ0v) is 18.5. The molecule has 150 valence electrons. The summed E-state index contributed by atoms with van der Waals surface area (Å²) in [5.74, 6) is 1.92. The van der Waals surface area contributed by atoms with Gasteiger partial charge in [0.05, 0.1) is 0 Å². The fraction of sp³-hybridized carbons (Fsp3) is 0.0370. The van der Waals surface area contributed by atoms with E-state index in [4.69, 9.17) is 4.74 Å². The number of benzene rings is 5. The lowest BCUT2D eigenvalue weighted by Crippen LogP contribution is -2.13. The van der Waals surface area contributed by atoms with Crippen LogP contribution in [-0.2, 0) is 0 Å². The van der Waals surface area contributed by atoms with Crippen molar-refractivity contribution in [1.82, 2.24) is 0 Å². The normalized spacial score (nSPS) is 13.1. The van der Waals surface area contributed by atoms with Gasteiger partial charge < -0.3 is 14.9 Å². The second-order valence-electron chi connectivity index (χ2n) is 7.86. The van der Waals surface area contributed by atoms with Gasteiger partial charge in [0, 0.05) is 20.6 Å². The van der Waals surface area contributed by atoms with Gasteiger partial charge >= 0.3 is 0 Å². The van der Waals surface area contributed by atoms with Crippen LogP contribution in [0.4, 0.5) is 0 Å². The Morgan fingerprint density at radius 1 is 0.645 bits per heavy atom. The van der Waals surface area contributed by atoms with Gasteiger partial charge in [0.2, 0.25) is 0 Å². The van der Waals surface area contributed by atoms with Gasteiger partial charge in [-0.15, -0.1) is 0 Å². The van der Waals surface area contributed by atoms with Crippen molar-refractivity contribution in [3.63, 3.8) is 0 Å². The van der Waals surface area contributed by atoms with E-state index in [2.05, 4.69) is 46.9 Å². The largest absolute Gasteiger partial charge is 0.508 e. The molecular formula is C27H17IO3. The minimum Gasteiger partial charge on any atom is -0.508 e. The summed E-state index contributed by atoms with van der Waals surface area (Å²) >= 11 is 2.34. The Labute approximate surface area is 192 Å². The van der Waals surface area contributed by atoms with E-state index < -0.39 is 0 Å². The predicted molar refractivity (Wildman–Crippen MR) is 131 cm³/mol. The van der Waals surface area contributed by atoms with E-state index in [1.54, 1.807) is 12.1 Å². The highest BCUT2D eigenvalue weighted by atomic mass is 127. The van der Waals surface area contributed by atoms with Gasteiger partial charge in [0.1, 0.15) is 23.0 Å². The Morgan fingerprint density at radius 2 is 1.19 bits per heavy atom. The third-order valence-electron chi connectivity index (χ3n) is 5.99. The first-order valence-corrected chi connectivity index (χ1v) is 11.1. The number of halogens is 1. The summed E-state index contributed by atoms with van der Waals surface area (Å²) in [7, 11) is 0. The third kappa shape index (κ3) is 2.93. The average Bonchev–Trinajstić information content (AvgIpc) is 2.77. The molecule has 2 N–H and O–H groups in total. The van der Waals surface area contributed by atoms with Crippen LogP contribution in [0.2, 0.25) is 0 Å². The van der Waals surface area contributed by atoms with Gasteiger partial charge in [0.15, 0.2) is 0 Å². The molecule has 0 spiro atoms. The van der Waals surface area contributed by atoms with Crippen LogP contribution in [-0.4, -0.2) is 10.2 Å². The van der Waals surface area contributed by atoms with Crippen LogP contribution in [0, 0.1) is 3.57 Å². The van der Waals surface area contributed by atoms with Crippen molar-refractivity contribution < 1.29 is 14.9 Å². The molecule has 0 saturated carbocycles. The summed E-state index contributed by atoms with van der Waals surface area (Å²) in [6.45, 7) is 0. The molecule has 6 rings (SSSR count). The molecule has 0 aliphatic carbocycles. The van der Waals surface area contributed by atoms with Crippen LogP contribution in [0.1, 0.15) is 22.6 Å². The van der Waals surface area contributed by atoms with E-state index in [1.807, 2.05) is 48.5 Å². The SMILES string of the molecule is Oc1ccc2ccc3c(c2c1)C(c1cccc(I)c1)c1c(ccc2ccc(O)cc12)O3. The van der Waals surface area contributed by atoms with Gasteiger partial charge in [-0.3, -0.25) is 0 Å². The molecule has 1 heterocycles. The van der Waals surface area contributed by atoms with Crippen molar-refractivity contribution >= 4 is 44.1 Å². The highest BCUT2D eigenvalue weighted by Gasteiger charge is 2.32. The molecule has 0 atom stereocenters. The molecule has 0 saturated heterocycles. The Balaban J connectivity index is 1.77. The highest BCUT2D eigenvalue weighted by molar-refractivity contribution is 14.1. The van der Waals surface area contributed by atoms with Gasteiger partial charge in [0.25, 0.3) is 0 Å². The second-order valence-corrected chi connectivity index (χ2v) is 9.10. The monoisotopic (exact) mass is 516 g/mol. The van der Waals surface area contributed by atoms with Crippen molar-refractivity contribution in [1.29, 1.82) is 0 Å². The van der Waals surface area contributed by atoms with E-state index in [0.717, 1.165) is 53.3 Å². The summed E-state index contributed by atoms with van der Waals surface area (Å²) in [4.78, 5) is 0. The Hall–Kier alpha value is -3.25. The smallest absolute Gasteiger partial charge is 0.132 e. The average molecular weight is 516 g/mol. The summed E-state index contributed by atoms with van der Waals surface area (Å²) in [6.07, 6.45) is 0. The first-order chi connectivity index (χ1) is 15.1. The molecule has 31 heavy (non-hydrogen) atoms. The number of ether oxygens (including phenoxy) is 1. The second kappa shape index (κ2) is 6.89. The summed E-state index contributed by atoms with van der Waals surface area (Å²) in [5.41, 5.74) is 3.20. The molecule has 1 aliphatic heterocycles. The fourth-order valence-electron chi connectivity index (χ4n) is 4.68. The first-order valence-electron chi connectivity index (χ1n) is 10.0. The minimum atomic E-state index is -0.107. The van der Waals surface area contributed by atoms with E-state index in [1.165, 1.54) is 0 Å². The number of aromatic hydroxyl groups is 2. The fourth-order valence-corrected chi connectivity index (χ4v) is 5.24. The molecule has 3 nitrogen and oxygen atoms in total. The van der Waals surface area contributed by atoms with E-state index in [-0.39, 0.29) is 17.4 Å². The van der Waals surface area contributed by atoms with Crippen molar-refractivity contribution in [2.24, 2.45) is 0 Å². The lowest BCUT2D eigenvalue weighted by molar-refractivity contribution is 0.455. The highest BCUT2D eigenvalue weighted by Crippen LogP contribution is 2.52. The number of hydrogen-bond donors (Lipinski definition) is 2. The minimum absolute atomic E-state index is 0.107. The Kier molecular flexibility index (Phi) is 4.11. The zero-order chi connectivity index (χ0) is 21.1. The molecule has 4 heteroatoms. The maximum atomic E-state index is 10.3. The molecule has 0 unspecified atom stereocenters. The van der Waals surface area contributed by atoms with Crippen LogP contribution in [0.5, 0.6) is 23.0 Å². The number of hydrogen-bond acceptors (Lipinski definition) is 3. The van der Waals surface area contributed by atoms with Crippen molar-refractivity contribution in [3.8, 4) is 23.0 Å². The van der Waals surface area contributed by atoms with Gasteiger partial charge in [-0.1, -0.05) is 36.4 Å². The summed E-state index contributed by atoms with van der Waals surface area (Å²) < 4.78 is 7.54. The Morgan fingerprint density at radius 3 is 1.74 bits per heavy atom. The maximum Gasteiger partial charge on any atom is 0.132 e. The van der Waals surface area contributed by atoms with Crippen molar-refractivity contribution in [3.05, 3.63) is 105 Å². The quantitative estimate of drug-likeness (QED) is 0.226. The maximum absolute atomic E-state index is 10.3. The molecule has 0 fully saturated rings. The number of phenolic OH excluding ortho intramolecular Hbond substituents is 2. The van der Waals surface area contributed by atoms with Crippen LogP contribution in [0.3, 0.4) is 0 Å². The molecule has 0 bridgehead atoms. The molecule has 0 amide bonds. The molecule has 1 aliphatic rings. The topological polar surface area (TPSA) is 49.7 Å². The number of phenols is 2. The molecular weight excluding hydrogens is 499 g/mol. The number of fused-ring (bicyclic) bond motifs is 6. The number of rotatable bonds is 1. The van der Waals surface area contributed by atoms with Gasteiger partial charge in [-0.25, -0.2) is 0 Å². The van der Waals surface area contributed by atoms with Crippen LogP contribution in [0.25, 0.3) is 21.5 Å². The standard InChI is InChI=1S/C27H17IO3/c28-18-3-1-2-17(12-18)25-26-21-13-19(29)8-4-15(21)6-10-23(26)31-24-11-7-16-5-9-20(30)14-22(16)27(24)25/h1-14,25,29-30H. The van der Waals surface area contributed by atoms with Gasteiger partial charge in [-0.05, 0) is 98.2 Å². The van der Waals surface area contributed by atoms with E-state index in [0.29, 0.717) is 0 Å². The van der Waals surface area contributed by atoms with E-state index in [9.17, 15) is 10.2 Å². The van der Waals surface area contributed by atoms with Crippen molar-refractivity contribution in [2.45, 2.75) is 5.92 Å². The zero-order valence-electron chi connectivity index (χ0n) is 16.3. The lowest BCUT2D eigenvalue weighted by atomic mass is 9.78. The molecule has 0 aromatic heterocycles. The summed E-state index contributed by atoms with van der Waals surface area (Å²) in [5, 5.41) is 24.5. The van der Waals surface area contributed by atoms with Crippen LogP contribution in [0.15, 0.2) is 84.9 Å². The molecule has 5 aromatic rings. The van der Waals surface area contributed by atoms with Gasteiger partial charge in [-0.2, -0.15) is 0 Å². The third-order valence-corrected chi connectivity index (χ3v) is 6.66. The first kappa shape index (κ1) is 18.5. The Bertz CT molecular complexity index is 1410. The summed E-state index contributed by atoms with van der Waals surface area (Å²) in [6, 6.07) is 27.4. The van der Waals surface area contributed by atoms with E-state index >= 15 is 0 Å². The molecule has 0 radical (unpaired) electrons. The molecule has 5 aromatic carbocycles. The predicted octanol–water partition coefficient (Wildman–Crippen LogP) is 7.29. The van der Waals surface area contributed by atoms with Crippen LogP contribution < -0.4 is 4.74 Å².